The van der Waals surface area contributed by atoms with Crippen molar-refractivity contribution in [1.82, 2.24) is 25.1 Å². The second-order valence-corrected chi connectivity index (χ2v) is 12.7. The molecule has 1 aliphatic heterocycles. The lowest BCUT2D eigenvalue weighted by molar-refractivity contribution is -0.120. The summed E-state index contributed by atoms with van der Waals surface area (Å²) in [6.07, 6.45) is 2.31. The zero-order valence-electron chi connectivity index (χ0n) is 24.4. The van der Waals surface area contributed by atoms with Crippen LogP contribution in [0.5, 0.6) is 0 Å². The van der Waals surface area contributed by atoms with E-state index >= 15 is 0 Å². The van der Waals surface area contributed by atoms with Crippen molar-refractivity contribution < 1.29 is 18.0 Å². The van der Waals surface area contributed by atoms with Gasteiger partial charge in [0.15, 0.2) is 0 Å². The van der Waals surface area contributed by atoms with Gasteiger partial charge in [-0.2, -0.15) is 5.10 Å². The summed E-state index contributed by atoms with van der Waals surface area (Å²) < 4.78 is 31.0. The summed E-state index contributed by atoms with van der Waals surface area (Å²) in [7, 11) is -3.71. The Balaban J connectivity index is 1.34. The molecule has 1 saturated heterocycles. The minimum Gasteiger partial charge on any atom is -0.383 e. The van der Waals surface area contributed by atoms with Gasteiger partial charge in [-0.05, 0) is 88.1 Å². The maximum absolute atomic E-state index is 13.2. The van der Waals surface area contributed by atoms with Gasteiger partial charge in [0, 0.05) is 35.8 Å². The number of fused-ring (bicyclic) bond motifs is 1. The number of aromatic nitrogens is 2. The number of carbonyl (C=O) groups is 2. The van der Waals surface area contributed by atoms with Crippen LogP contribution in [0, 0.1) is 27.7 Å². The zero-order valence-corrected chi connectivity index (χ0v) is 25.2. The summed E-state index contributed by atoms with van der Waals surface area (Å²) in [5.41, 5.74) is 6.26. The van der Waals surface area contributed by atoms with Gasteiger partial charge >= 0.3 is 0 Å². The van der Waals surface area contributed by atoms with E-state index in [4.69, 9.17) is 0 Å². The van der Waals surface area contributed by atoms with Crippen LogP contribution in [0.1, 0.15) is 46.0 Å². The molecule has 2 heterocycles. The molecule has 0 radical (unpaired) electrons. The number of amides is 2. The molecule has 1 aliphatic rings. The third-order valence-corrected chi connectivity index (χ3v) is 9.26. The average molecular weight is 589 g/mol. The molecule has 10 nitrogen and oxygen atoms in total. The number of anilines is 1. The van der Waals surface area contributed by atoms with Gasteiger partial charge in [0.2, 0.25) is 15.9 Å². The summed E-state index contributed by atoms with van der Waals surface area (Å²) in [6.45, 7) is 10.3. The third kappa shape index (κ3) is 6.02. The van der Waals surface area contributed by atoms with Crippen LogP contribution >= 0.6 is 0 Å². The molecule has 0 saturated carbocycles. The van der Waals surface area contributed by atoms with Gasteiger partial charge < -0.3 is 16.0 Å². The number of hydrogen-bond acceptors (Lipinski definition) is 6. The molecular weight excluding hydrogens is 552 g/mol. The van der Waals surface area contributed by atoms with E-state index < -0.39 is 22.1 Å². The number of benzene rings is 3. The Kier molecular flexibility index (Phi) is 8.07. The van der Waals surface area contributed by atoms with Crippen molar-refractivity contribution in [3.8, 4) is 5.69 Å². The zero-order chi connectivity index (χ0) is 30.2. The molecule has 0 aliphatic carbocycles. The second kappa shape index (κ2) is 11.6. The molecule has 2 amide bonds. The molecule has 4 N–H and O–H groups in total. The summed E-state index contributed by atoms with van der Waals surface area (Å²) in [5, 5.41) is 14.4. The van der Waals surface area contributed by atoms with Gasteiger partial charge in [0.1, 0.15) is 6.04 Å². The molecule has 4 aromatic rings. The Hall–Kier alpha value is -4.22. The van der Waals surface area contributed by atoms with Crippen LogP contribution in [-0.4, -0.2) is 55.2 Å². The Bertz CT molecular complexity index is 1770. The van der Waals surface area contributed by atoms with Crippen molar-refractivity contribution >= 4 is 38.4 Å². The predicted molar refractivity (Wildman–Crippen MR) is 164 cm³/mol. The molecule has 42 heavy (non-hydrogen) atoms. The van der Waals surface area contributed by atoms with Gasteiger partial charge in [-0.25, -0.2) is 17.8 Å². The van der Waals surface area contributed by atoms with Crippen molar-refractivity contribution in [1.29, 1.82) is 0 Å². The lowest BCUT2D eigenvalue weighted by Gasteiger charge is -2.19. The number of rotatable bonds is 9. The fourth-order valence-corrected chi connectivity index (χ4v) is 7.29. The fourth-order valence-electron chi connectivity index (χ4n) is 5.59. The van der Waals surface area contributed by atoms with Gasteiger partial charge in [-0.15, -0.1) is 0 Å². The van der Waals surface area contributed by atoms with E-state index in [1.54, 1.807) is 29.1 Å². The SMILES string of the molecule is Cc1cc(C)c(S(=O)(=O)N[C@@H](C)CNc2cc(C)cc3c2cnn3-c2cccc(C(=O)N[C@H]3CCNC3=O)c2)c(C)c1. The van der Waals surface area contributed by atoms with Crippen molar-refractivity contribution in [2.24, 2.45) is 0 Å². The van der Waals surface area contributed by atoms with E-state index in [9.17, 15) is 18.0 Å². The predicted octanol–water partition coefficient (Wildman–Crippen LogP) is 3.66. The molecule has 5 rings (SSSR count). The van der Waals surface area contributed by atoms with Crippen LogP contribution in [0.4, 0.5) is 5.69 Å². The van der Waals surface area contributed by atoms with E-state index in [1.807, 2.05) is 65.0 Å². The summed E-state index contributed by atoms with van der Waals surface area (Å²) in [4.78, 5) is 25.1. The quantitative estimate of drug-likeness (QED) is 0.236. The van der Waals surface area contributed by atoms with Crippen LogP contribution in [-0.2, 0) is 14.8 Å². The summed E-state index contributed by atoms with van der Waals surface area (Å²) in [5.74, 6) is -0.489. The minimum absolute atomic E-state index is 0.171. The first-order chi connectivity index (χ1) is 19.9. The summed E-state index contributed by atoms with van der Waals surface area (Å²) in [6, 6.07) is 14.0. The number of sulfonamides is 1. The monoisotopic (exact) mass is 588 g/mol. The number of aryl methyl sites for hydroxylation is 4. The average Bonchev–Trinajstić information content (AvgIpc) is 3.52. The molecule has 3 aromatic carbocycles. The first-order valence-electron chi connectivity index (χ1n) is 13.9. The number of nitrogens with one attached hydrogen (secondary N) is 4. The lowest BCUT2D eigenvalue weighted by atomic mass is 10.1. The van der Waals surface area contributed by atoms with Crippen molar-refractivity contribution in [2.75, 3.05) is 18.4 Å². The van der Waals surface area contributed by atoms with Crippen molar-refractivity contribution in [3.05, 3.63) is 82.5 Å². The van der Waals surface area contributed by atoms with Crippen molar-refractivity contribution in [3.63, 3.8) is 0 Å². The first kappa shape index (κ1) is 29.3. The molecule has 0 unspecified atom stereocenters. The first-order valence-corrected chi connectivity index (χ1v) is 15.4. The Morgan fingerprint density at radius 2 is 1.79 bits per heavy atom. The third-order valence-electron chi connectivity index (χ3n) is 7.37. The highest BCUT2D eigenvalue weighted by Gasteiger charge is 2.26. The molecule has 0 bridgehead atoms. The Morgan fingerprint density at radius 1 is 1.07 bits per heavy atom. The van der Waals surface area contributed by atoms with E-state index in [1.165, 1.54) is 0 Å². The fraction of sp³-hybridized carbons (Fsp3) is 0.323. The smallest absolute Gasteiger partial charge is 0.252 e. The van der Waals surface area contributed by atoms with E-state index in [2.05, 4.69) is 25.8 Å². The molecule has 1 fully saturated rings. The Morgan fingerprint density at radius 3 is 2.48 bits per heavy atom. The number of carbonyl (C=O) groups excluding carboxylic acids is 2. The van der Waals surface area contributed by atoms with Crippen molar-refractivity contribution in [2.45, 2.75) is 58.0 Å². The highest BCUT2D eigenvalue weighted by Crippen LogP contribution is 2.28. The Labute approximate surface area is 245 Å². The maximum atomic E-state index is 13.2. The van der Waals surface area contributed by atoms with Crippen LogP contribution < -0.4 is 20.7 Å². The highest BCUT2D eigenvalue weighted by atomic mass is 32.2. The van der Waals surface area contributed by atoms with Crippen LogP contribution in [0.2, 0.25) is 0 Å². The molecule has 2 atom stereocenters. The largest absolute Gasteiger partial charge is 0.383 e. The topological polar surface area (TPSA) is 134 Å². The molecular formula is C31H36N6O4S. The van der Waals surface area contributed by atoms with Gasteiger partial charge in [-0.1, -0.05) is 23.8 Å². The van der Waals surface area contributed by atoms with E-state index in [0.29, 0.717) is 35.7 Å². The van der Waals surface area contributed by atoms with E-state index in [0.717, 1.165) is 38.8 Å². The molecule has 11 heteroatoms. The minimum atomic E-state index is -3.71. The van der Waals surface area contributed by atoms with Gasteiger partial charge in [0.05, 0.1) is 22.3 Å². The van der Waals surface area contributed by atoms with Crippen LogP contribution in [0.15, 0.2) is 59.6 Å². The van der Waals surface area contributed by atoms with Crippen LogP contribution in [0.3, 0.4) is 0 Å². The normalized spacial score (nSPS) is 15.9. The van der Waals surface area contributed by atoms with E-state index in [-0.39, 0.29) is 11.8 Å². The van der Waals surface area contributed by atoms with Gasteiger partial charge in [-0.3, -0.25) is 9.59 Å². The number of nitrogens with zero attached hydrogens (tertiary/aromatic N) is 2. The molecule has 220 valence electrons. The second-order valence-electron chi connectivity index (χ2n) is 11.1. The summed E-state index contributed by atoms with van der Waals surface area (Å²) >= 11 is 0. The maximum Gasteiger partial charge on any atom is 0.252 e. The lowest BCUT2D eigenvalue weighted by Crippen LogP contribution is -2.40. The molecule has 0 spiro atoms. The van der Waals surface area contributed by atoms with Crippen LogP contribution in [0.25, 0.3) is 16.6 Å². The standard InChI is InChI=1S/C31H36N6O4S/c1-18-11-20(3)29(21(4)12-18)42(40,41)36-22(5)16-33-27-13-19(2)14-28-25(27)17-34-37(28)24-8-6-7-23(15-24)30(38)35-26-9-10-32-31(26)39/h6-8,11-15,17,22,26,33,36H,9-10,16H2,1-5H3,(H,32,39)(H,35,38)/t22-,26-/m0/s1. The molecule has 1 aromatic heterocycles. The number of hydrogen-bond donors (Lipinski definition) is 4. The van der Waals surface area contributed by atoms with Gasteiger partial charge in [0.25, 0.3) is 5.91 Å². The highest BCUT2D eigenvalue weighted by molar-refractivity contribution is 7.89.